The van der Waals surface area contributed by atoms with Crippen LogP contribution in [0.2, 0.25) is 0 Å². The van der Waals surface area contributed by atoms with E-state index in [9.17, 15) is 4.79 Å². The number of anilines is 1. The van der Waals surface area contributed by atoms with E-state index in [0.717, 1.165) is 11.3 Å². The summed E-state index contributed by atoms with van der Waals surface area (Å²) in [5, 5.41) is 6.68. The second kappa shape index (κ2) is 5.62. The van der Waals surface area contributed by atoms with Gasteiger partial charge in [-0.3, -0.25) is 14.8 Å². The molecule has 0 aliphatic rings. The second-order valence-electron chi connectivity index (χ2n) is 4.72. The zero-order chi connectivity index (χ0) is 14.7. The fourth-order valence-corrected chi connectivity index (χ4v) is 2.04. The van der Waals surface area contributed by atoms with Crippen molar-refractivity contribution in [2.24, 2.45) is 7.05 Å². The van der Waals surface area contributed by atoms with E-state index in [1.165, 1.54) is 0 Å². The first-order chi connectivity index (χ1) is 10.2. The Labute approximate surface area is 122 Å². The van der Waals surface area contributed by atoms with Gasteiger partial charge in [0.15, 0.2) is 0 Å². The van der Waals surface area contributed by atoms with Crippen LogP contribution in [0.4, 0.5) is 5.95 Å². The number of aryl methyl sites for hydroxylation is 1. The number of benzene rings is 1. The van der Waals surface area contributed by atoms with E-state index in [0.29, 0.717) is 12.4 Å². The number of carbonyl (C=O) groups excluding carboxylic acids is 1. The molecular weight excluding hydrogens is 266 g/mol. The van der Waals surface area contributed by atoms with Crippen molar-refractivity contribution in [3.63, 3.8) is 0 Å². The predicted molar refractivity (Wildman–Crippen MR) is 79.1 cm³/mol. The molecule has 0 spiro atoms. The molecule has 1 amide bonds. The molecule has 6 nitrogen and oxygen atoms in total. The molecule has 0 saturated heterocycles. The minimum atomic E-state index is -0.130. The normalized spacial score (nSPS) is 10.5. The van der Waals surface area contributed by atoms with Crippen LogP contribution >= 0.6 is 0 Å². The molecule has 2 heterocycles. The Kier molecular flexibility index (Phi) is 3.51. The molecule has 0 unspecified atom stereocenters. The fourth-order valence-electron chi connectivity index (χ4n) is 2.04. The Morgan fingerprint density at radius 1 is 1.19 bits per heavy atom. The maximum atomic E-state index is 11.9. The maximum absolute atomic E-state index is 11.9. The van der Waals surface area contributed by atoms with Crippen LogP contribution in [0.5, 0.6) is 0 Å². The van der Waals surface area contributed by atoms with Crippen LogP contribution < -0.4 is 5.32 Å². The minimum Gasteiger partial charge on any atom is -0.324 e. The Hall–Kier alpha value is -2.89. The van der Waals surface area contributed by atoms with Crippen molar-refractivity contribution in [1.82, 2.24) is 19.3 Å². The van der Waals surface area contributed by atoms with E-state index in [2.05, 4.69) is 15.4 Å². The predicted octanol–water partition coefficient (Wildman–Crippen LogP) is 1.79. The third kappa shape index (κ3) is 3.17. The summed E-state index contributed by atoms with van der Waals surface area (Å²) in [7, 11) is 1.75. The Morgan fingerprint density at radius 2 is 1.90 bits per heavy atom. The van der Waals surface area contributed by atoms with Gasteiger partial charge in [-0.2, -0.15) is 0 Å². The van der Waals surface area contributed by atoms with Crippen molar-refractivity contribution in [3.8, 4) is 5.69 Å². The average molecular weight is 281 g/mol. The van der Waals surface area contributed by atoms with Gasteiger partial charge in [0.25, 0.3) is 0 Å². The average Bonchev–Trinajstić information content (AvgIpc) is 3.11. The maximum Gasteiger partial charge on any atom is 0.248 e. The molecule has 0 saturated carbocycles. The highest BCUT2D eigenvalue weighted by Crippen LogP contribution is 2.11. The van der Waals surface area contributed by atoms with Gasteiger partial charge in [-0.05, 0) is 29.8 Å². The molecule has 0 bridgehead atoms. The van der Waals surface area contributed by atoms with Gasteiger partial charge >= 0.3 is 0 Å². The standard InChI is InChI=1S/C15H15N5O/c1-19-11-16-15(18-19)17-14(21)10-12-4-6-13(7-5-12)20-8-2-3-9-20/h2-9,11H,10H2,1H3,(H,17,18,21). The third-order valence-corrected chi connectivity index (χ3v) is 3.05. The minimum absolute atomic E-state index is 0.130. The van der Waals surface area contributed by atoms with Gasteiger partial charge in [0.2, 0.25) is 11.9 Å². The number of hydrogen-bond donors (Lipinski definition) is 1. The smallest absolute Gasteiger partial charge is 0.248 e. The van der Waals surface area contributed by atoms with E-state index in [1.807, 2.05) is 53.4 Å². The van der Waals surface area contributed by atoms with Gasteiger partial charge in [0.05, 0.1) is 6.42 Å². The topological polar surface area (TPSA) is 64.7 Å². The van der Waals surface area contributed by atoms with Gasteiger partial charge in [0, 0.05) is 25.1 Å². The molecule has 106 valence electrons. The van der Waals surface area contributed by atoms with Gasteiger partial charge in [-0.15, -0.1) is 5.10 Å². The zero-order valence-corrected chi connectivity index (χ0v) is 11.6. The lowest BCUT2D eigenvalue weighted by atomic mass is 10.1. The molecular formula is C15H15N5O. The highest BCUT2D eigenvalue weighted by Gasteiger charge is 2.07. The van der Waals surface area contributed by atoms with Crippen LogP contribution in [-0.2, 0) is 18.3 Å². The summed E-state index contributed by atoms with van der Waals surface area (Å²) in [4.78, 5) is 15.9. The van der Waals surface area contributed by atoms with Gasteiger partial charge in [-0.25, -0.2) is 4.98 Å². The summed E-state index contributed by atoms with van der Waals surface area (Å²) in [5.41, 5.74) is 2.01. The summed E-state index contributed by atoms with van der Waals surface area (Å²) in [6.07, 6.45) is 5.80. The highest BCUT2D eigenvalue weighted by atomic mass is 16.1. The SMILES string of the molecule is Cn1cnc(NC(=O)Cc2ccc(-n3cccc3)cc2)n1. The van der Waals surface area contributed by atoms with Gasteiger partial charge < -0.3 is 4.57 Å². The van der Waals surface area contributed by atoms with Gasteiger partial charge in [0.1, 0.15) is 6.33 Å². The molecule has 1 aromatic carbocycles. The molecule has 0 atom stereocenters. The van der Waals surface area contributed by atoms with Crippen molar-refractivity contribution in [1.29, 1.82) is 0 Å². The quantitative estimate of drug-likeness (QED) is 0.793. The molecule has 1 N–H and O–H groups in total. The number of nitrogens with one attached hydrogen (secondary N) is 1. The van der Waals surface area contributed by atoms with Crippen LogP contribution in [0.3, 0.4) is 0 Å². The lowest BCUT2D eigenvalue weighted by Crippen LogP contribution is -2.15. The number of carbonyl (C=O) groups is 1. The monoisotopic (exact) mass is 281 g/mol. The molecule has 0 aliphatic carbocycles. The van der Waals surface area contributed by atoms with Gasteiger partial charge in [-0.1, -0.05) is 12.1 Å². The van der Waals surface area contributed by atoms with E-state index < -0.39 is 0 Å². The van der Waals surface area contributed by atoms with Crippen LogP contribution in [0.25, 0.3) is 5.69 Å². The molecule has 6 heteroatoms. The highest BCUT2D eigenvalue weighted by molar-refractivity contribution is 5.90. The number of nitrogens with zero attached hydrogens (tertiary/aromatic N) is 4. The Balaban J connectivity index is 1.63. The Bertz CT molecular complexity index is 728. The number of aromatic nitrogens is 4. The molecule has 2 aromatic heterocycles. The van der Waals surface area contributed by atoms with E-state index in [-0.39, 0.29) is 5.91 Å². The Morgan fingerprint density at radius 3 is 2.52 bits per heavy atom. The van der Waals surface area contributed by atoms with Crippen molar-refractivity contribution < 1.29 is 4.79 Å². The number of amides is 1. The van der Waals surface area contributed by atoms with Crippen LogP contribution in [0.1, 0.15) is 5.56 Å². The van der Waals surface area contributed by atoms with E-state index >= 15 is 0 Å². The first-order valence-electron chi connectivity index (χ1n) is 6.58. The summed E-state index contributed by atoms with van der Waals surface area (Å²) in [5.74, 6) is 0.196. The number of hydrogen-bond acceptors (Lipinski definition) is 3. The van der Waals surface area contributed by atoms with Crippen molar-refractivity contribution in [3.05, 3.63) is 60.7 Å². The number of rotatable bonds is 4. The van der Waals surface area contributed by atoms with Crippen molar-refractivity contribution >= 4 is 11.9 Å². The lowest BCUT2D eigenvalue weighted by molar-refractivity contribution is -0.115. The zero-order valence-electron chi connectivity index (χ0n) is 11.6. The van der Waals surface area contributed by atoms with Crippen LogP contribution in [0.15, 0.2) is 55.1 Å². The fraction of sp³-hybridized carbons (Fsp3) is 0.133. The van der Waals surface area contributed by atoms with Crippen LogP contribution in [0, 0.1) is 0 Å². The third-order valence-electron chi connectivity index (χ3n) is 3.05. The lowest BCUT2D eigenvalue weighted by Gasteiger charge is -2.05. The first-order valence-corrected chi connectivity index (χ1v) is 6.58. The van der Waals surface area contributed by atoms with E-state index in [4.69, 9.17) is 0 Å². The molecule has 3 aromatic rings. The van der Waals surface area contributed by atoms with Crippen molar-refractivity contribution in [2.45, 2.75) is 6.42 Å². The first kappa shape index (κ1) is 13.1. The molecule has 0 fully saturated rings. The second-order valence-corrected chi connectivity index (χ2v) is 4.72. The molecule has 21 heavy (non-hydrogen) atoms. The summed E-state index contributed by atoms with van der Waals surface area (Å²) in [6, 6.07) is 11.8. The molecule has 0 radical (unpaired) electrons. The van der Waals surface area contributed by atoms with Crippen LogP contribution in [-0.4, -0.2) is 25.2 Å². The summed E-state index contributed by atoms with van der Waals surface area (Å²) >= 11 is 0. The summed E-state index contributed by atoms with van der Waals surface area (Å²) in [6.45, 7) is 0. The van der Waals surface area contributed by atoms with Crippen molar-refractivity contribution in [2.75, 3.05) is 5.32 Å². The largest absolute Gasteiger partial charge is 0.324 e. The molecule has 3 rings (SSSR count). The molecule has 0 aliphatic heterocycles. The summed E-state index contributed by atoms with van der Waals surface area (Å²) < 4.78 is 3.56. The van der Waals surface area contributed by atoms with E-state index in [1.54, 1.807) is 18.1 Å².